The Morgan fingerprint density at radius 2 is 2.04 bits per heavy atom. The van der Waals surface area contributed by atoms with E-state index in [1.165, 1.54) is 12.1 Å². The number of aryl methyl sites for hydroxylation is 1. The lowest BCUT2D eigenvalue weighted by Crippen LogP contribution is -2.30. The number of amides is 1. The van der Waals surface area contributed by atoms with E-state index in [4.69, 9.17) is 11.6 Å². The zero-order chi connectivity index (χ0) is 19.4. The molecule has 2 N–H and O–H groups in total. The number of nitrogens with zero attached hydrogens (tertiary/aromatic N) is 2. The molecular formula is C18H19ClN4O3S. The van der Waals surface area contributed by atoms with Gasteiger partial charge in [-0.05, 0) is 36.8 Å². The van der Waals surface area contributed by atoms with Gasteiger partial charge in [-0.25, -0.2) is 18.1 Å². The van der Waals surface area contributed by atoms with Gasteiger partial charge >= 0.3 is 0 Å². The molecule has 1 amide bonds. The highest BCUT2D eigenvalue weighted by atomic mass is 35.5. The van der Waals surface area contributed by atoms with E-state index < -0.39 is 10.0 Å². The molecule has 2 aromatic heterocycles. The second-order valence-electron chi connectivity index (χ2n) is 6.06. The van der Waals surface area contributed by atoms with E-state index in [2.05, 4.69) is 15.0 Å². The lowest BCUT2D eigenvalue weighted by molar-refractivity contribution is -0.121. The average Bonchev–Trinajstić information content (AvgIpc) is 3.02. The quantitative estimate of drug-likeness (QED) is 0.629. The van der Waals surface area contributed by atoms with E-state index in [0.29, 0.717) is 0 Å². The Morgan fingerprint density at radius 1 is 1.26 bits per heavy atom. The Labute approximate surface area is 162 Å². The summed E-state index contributed by atoms with van der Waals surface area (Å²) in [5.74, 6) is -0.273. The van der Waals surface area contributed by atoms with Crippen LogP contribution in [-0.4, -0.2) is 30.3 Å². The van der Waals surface area contributed by atoms with Crippen LogP contribution in [0, 0.1) is 6.92 Å². The van der Waals surface area contributed by atoms with Crippen molar-refractivity contribution in [2.24, 2.45) is 0 Å². The minimum Gasteiger partial charge on any atom is -0.350 e. The van der Waals surface area contributed by atoms with Crippen LogP contribution in [0.2, 0.25) is 5.02 Å². The first-order chi connectivity index (χ1) is 12.8. The smallest absolute Gasteiger partial charge is 0.242 e. The Balaban J connectivity index is 1.50. The predicted octanol–water partition coefficient (Wildman–Crippen LogP) is 2.28. The van der Waals surface area contributed by atoms with Crippen molar-refractivity contribution in [2.45, 2.75) is 24.8 Å². The van der Waals surface area contributed by atoms with Crippen molar-refractivity contribution in [3.05, 3.63) is 65.1 Å². The van der Waals surface area contributed by atoms with Crippen LogP contribution in [0.1, 0.15) is 17.7 Å². The van der Waals surface area contributed by atoms with Crippen molar-refractivity contribution in [1.82, 2.24) is 19.4 Å². The number of carbonyl (C=O) groups is 1. The molecule has 7 nitrogen and oxygen atoms in total. The summed E-state index contributed by atoms with van der Waals surface area (Å²) in [5, 5.41) is 2.87. The number of imidazole rings is 1. The Kier molecular flexibility index (Phi) is 5.79. The molecule has 1 aromatic carbocycles. The van der Waals surface area contributed by atoms with Crippen molar-refractivity contribution < 1.29 is 13.2 Å². The Morgan fingerprint density at radius 3 is 2.81 bits per heavy atom. The van der Waals surface area contributed by atoms with Crippen LogP contribution in [0.4, 0.5) is 0 Å². The summed E-state index contributed by atoms with van der Waals surface area (Å²) in [4.78, 5) is 16.4. The maximum atomic E-state index is 12.2. The second kappa shape index (κ2) is 8.08. The first-order valence-corrected chi connectivity index (χ1v) is 10.2. The van der Waals surface area contributed by atoms with Gasteiger partial charge in [-0.15, -0.1) is 0 Å². The molecule has 0 atom stereocenters. The van der Waals surface area contributed by atoms with Crippen molar-refractivity contribution in [3.8, 4) is 0 Å². The lowest BCUT2D eigenvalue weighted by atomic mass is 10.3. The Hall–Kier alpha value is -2.42. The number of carbonyl (C=O) groups excluding carboxylic acids is 1. The zero-order valence-corrected chi connectivity index (χ0v) is 16.2. The molecule has 27 heavy (non-hydrogen) atoms. The van der Waals surface area contributed by atoms with Gasteiger partial charge in [0, 0.05) is 25.4 Å². The number of halogens is 1. The Bertz CT molecular complexity index is 1080. The third kappa shape index (κ3) is 4.85. The second-order valence-corrected chi connectivity index (χ2v) is 8.20. The fraction of sp³-hybridized carbons (Fsp3) is 0.222. The van der Waals surface area contributed by atoms with E-state index in [1.54, 1.807) is 12.1 Å². The minimum absolute atomic E-state index is 0.00734. The van der Waals surface area contributed by atoms with Gasteiger partial charge in [-0.3, -0.25) is 4.79 Å². The van der Waals surface area contributed by atoms with Crippen LogP contribution in [0.3, 0.4) is 0 Å². The maximum Gasteiger partial charge on any atom is 0.242 e. The molecule has 0 saturated heterocycles. The molecule has 0 unspecified atom stereocenters. The fourth-order valence-corrected chi connectivity index (χ4v) is 4.09. The predicted molar refractivity (Wildman–Crippen MR) is 103 cm³/mol. The molecule has 0 aliphatic heterocycles. The average molecular weight is 407 g/mol. The van der Waals surface area contributed by atoms with Gasteiger partial charge in [0.05, 0.1) is 17.3 Å². The number of nitrogens with one attached hydrogen (secondary N) is 2. The molecule has 2 heterocycles. The normalized spacial score (nSPS) is 11.6. The number of hydrogen-bond acceptors (Lipinski definition) is 4. The molecular weight excluding hydrogens is 388 g/mol. The van der Waals surface area contributed by atoms with Crippen LogP contribution in [-0.2, 0) is 21.4 Å². The molecule has 0 aliphatic rings. The highest BCUT2D eigenvalue weighted by Gasteiger charge is 2.17. The van der Waals surface area contributed by atoms with E-state index in [1.807, 2.05) is 35.9 Å². The SMILES string of the molecule is Cc1ccn2cc(CNC(=O)CCNS(=O)(=O)c3ccccc3Cl)nc2c1. The number of benzene rings is 1. The molecule has 0 saturated carbocycles. The van der Waals surface area contributed by atoms with Crippen LogP contribution < -0.4 is 10.0 Å². The third-order valence-corrected chi connectivity index (χ3v) is 5.86. The summed E-state index contributed by atoms with van der Waals surface area (Å²) in [5.41, 5.74) is 2.65. The fourth-order valence-electron chi connectivity index (χ4n) is 2.54. The third-order valence-electron chi connectivity index (χ3n) is 3.90. The molecule has 3 rings (SSSR count). The first kappa shape index (κ1) is 19.3. The number of hydrogen-bond donors (Lipinski definition) is 2. The van der Waals surface area contributed by atoms with Crippen LogP contribution in [0.15, 0.2) is 53.7 Å². The summed E-state index contributed by atoms with van der Waals surface area (Å²) in [6.45, 7) is 2.24. The maximum absolute atomic E-state index is 12.2. The van der Waals surface area contributed by atoms with Gasteiger partial charge < -0.3 is 9.72 Å². The van der Waals surface area contributed by atoms with Crippen LogP contribution in [0.5, 0.6) is 0 Å². The molecule has 0 aliphatic carbocycles. The lowest BCUT2D eigenvalue weighted by Gasteiger charge is -2.08. The molecule has 0 spiro atoms. The number of fused-ring (bicyclic) bond motifs is 1. The van der Waals surface area contributed by atoms with Crippen molar-refractivity contribution >= 4 is 33.2 Å². The topological polar surface area (TPSA) is 92.6 Å². The van der Waals surface area contributed by atoms with Crippen LogP contribution >= 0.6 is 11.6 Å². The van der Waals surface area contributed by atoms with Crippen molar-refractivity contribution in [2.75, 3.05) is 6.54 Å². The molecule has 0 fully saturated rings. The summed E-state index contributed by atoms with van der Waals surface area (Å²) in [6.07, 6.45) is 3.76. The minimum atomic E-state index is -3.75. The van der Waals surface area contributed by atoms with Crippen molar-refractivity contribution in [3.63, 3.8) is 0 Å². The van der Waals surface area contributed by atoms with E-state index in [0.717, 1.165) is 16.9 Å². The largest absolute Gasteiger partial charge is 0.350 e. The highest BCUT2D eigenvalue weighted by Crippen LogP contribution is 2.19. The summed E-state index contributed by atoms with van der Waals surface area (Å²) in [7, 11) is -3.75. The number of sulfonamides is 1. The van der Waals surface area contributed by atoms with E-state index in [9.17, 15) is 13.2 Å². The standard InChI is InChI=1S/C18H19ClN4O3S/c1-13-7-9-23-12-14(22-17(23)10-13)11-20-18(24)6-8-21-27(25,26)16-5-3-2-4-15(16)19/h2-5,7,9-10,12,21H,6,8,11H2,1H3,(H,20,24). The van der Waals surface area contributed by atoms with Gasteiger partial charge in [-0.2, -0.15) is 0 Å². The van der Waals surface area contributed by atoms with E-state index >= 15 is 0 Å². The first-order valence-electron chi connectivity index (χ1n) is 8.30. The summed E-state index contributed by atoms with van der Waals surface area (Å²) in [6, 6.07) is 10.1. The van der Waals surface area contributed by atoms with Crippen LogP contribution in [0.25, 0.3) is 5.65 Å². The van der Waals surface area contributed by atoms with Crippen molar-refractivity contribution in [1.29, 1.82) is 0 Å². The number of aromatic nitrogens is 2. The highest BCUT2D eigenvalue weighted by molar-refractivity contribution is 7.89. The molecule has 0 bridgehead atoms. The molecule has 0 radical (unpaired) electrons. The molecule has 142 valence electrons. The zero-order valence-electron chi connectivity index (χ0n) is 14.6. The van der Waals surface area contributed by atoms with Gasteiger partial charge in [0.1, 0.15) is 10.5 Å². The van der Waals surface area contributed by atoms with Gasteiger partial charge in [0.2, 0.25) is 15.9 Å². The number of pyridine rings is 1. The molecule has 3 aromatic rings. The summed E-state index contributed by atoms with van der Waals surface area (Å²) >= 11 is 5.90. The monoisotopic (exact) mass is 406 g/mol. The number of rotatable bonds is 7. The van der Waals surface area contributed by atoms with Gasteiger partial charge in [-0.1, -0.05) is 23.7 Å². The molecule has 9 heteroatoms. The summed E-state index contributed by atoms with van der Waals surface area (Å²) < 4.78 is 28.7. The van der Waals surface area contributed by atoms with Gasteiger partial charge in [0.15, 0.2) is 0 Å². The van der Waals surface area contributed by atoms with E-state index in [-0.39, 0.29) is 35.3 Å². The van der Waals surface area contributed by atoms with Gasteiger partial charge in [0.25, 0.3) is 0 Å².